The number of hydrogen-bond donors (Lipinski definition) is 1. The van der Waals surface area contributed by atoms with Crippen molar-refractivity contribution in [2.24, 2.45) is 5.92 Å². The maximum atomic E-state index is 13.8. The van der Waals surface area contributed by atoms with Crippen molar-refractivity contribution in [3.63, 3.8) is 0 Å². The summed E-state index contributed by atoms with van der Waals surface area (Å²) in [4.78, 5) is 31.3. The minimum atomic E-state index is -0.925. The predicted molar refractivity (Wildman–Crippen MR) is 188 cm³/mol. The van der Waals surface area contributed by atoms with E-state index >= 15 is 0 Å². The number of methoxy groups -OCH3 is 1. The molecule has 1 aromatic heterocycles. The van der Waals surface area contributed by atoms with Crippen molar-refractivity contribution in [2.45, 2.75) is 70.7 Å². The van der Waals surface area contributed by atoms with Crippen molar-refractivity contribution in [1.29, 1.82) is 0 Å². The first-order chi connectivity index (χ1) is 24.1. The maximum absolute atomic E-state index is 13.8. The quantitative estimate of drug-likeness (QED) is 0.0987. The monoisotopic (exact) mass is 686 g/mol. The highest BCUT2D eigenvalue weighted by Crippen LogP contribution is 2.36. The summed E-state index contributed by atoms with van der Waals surface area (Å²) in [5, 5.41) is 3.27. The molecule has 50 heavy (non-hydrogen) atoms. The van der Waals surface area contributed by atoms with Crippen molar-refractivity contribution >= 4 is 23.8 Å². The van der Waals surface area contributed by atoms with Crippen molar-refractivity contribution in [1.82, 2.24) is 4.98 Å². The molecule has 1 N–H and O–H groups in total. The number of hydrogen-bond acceptors (Lipinski definition) is 11. The molecule has 5 atom stereocenters. The molecule has 3 heterocycles. The molecule has 2 aromatic carbocycles. The van der Waals surface area contributed by atoms with E-state index in [1.807, 2.05) is 70.2 Å². The van der Waals surface area contributed by atoms with Crippen molar-refractivity contribution in [3.05, 3.63) is 102 Å². The number of rotatable bonds is 11. The Morgan fingerprint density at radius 1 is 1.02 bits per heavy atom. The summed E-state index contributed by atoms with van der Waals surface area (Å²) in [6.45, 7) is 8.39. The van der Waals surface area contributed by atoms with Crippen LogP contribution < -0.4 is 14.8 Å². The number of nitrogens with zero attached hydrogens (tertiary/aromatic N) is 1. The maximum Gasteiger partial charge on any atom is 0.342 e. The average Bonchev–Trinajstić information content (AvgIpc) is 3.42. The fourth-order valence-electron chi connectivity index (χ4n) is 5.64. The largest absolute Gasteiger partial charge is 0.493 e. The Kier molecular flexibility index (Phi) is 12.6. The van der Waals surface area contributed by atoms with Gasteiger partial charge in [0.25, 0.3) is 0 Å². The number of aromatic nitrogens is 1. The molecule has 0 saturated carbocycles. The van der Waals surface area contributed by atoms with E-state index in [1.54, 1.807) is 48.7 Å². The Morgan fingerprint density at radius 2 is 1.82 bits per heavy atom. The smallest absolute Gasteiger partial charge is 0.342 e. The van der Waals surface area contributed by atoms with Crippen LogP contribution in [0.4, 0.5) is 5.82 Å². The van der Waals surface area contributed by atoms with Gasteiger partial charge in [-0.15, -0.1) is 0 Å². The number of cyclic esters (lactones) is 1. The van der Waals surface area contributed by atoms with Crippen LogP contribution in [-0.2, 0) is 23.7 Å². The van der Waals surface area contributed by atoms with Crippen LogP contribution in [0, 0.1) is 5.92 Å². The molecule has 0 bridgehead atoms. The van der Waals surface area contributed by atoms with E-state index in [-0.39, 0.29) is 24.0 Å². The highest BCUT2D eigenvalue weighted by Gasteiger charge is 2.45. The van der Waals surface area contributed by atoms with E-state index < -0.39 is 42.1 Å². The van der Waals surface area contributed by atoms with Crippen LogP contribution in [0.3, 0.4) is 0 Å². The second-order valence-electron chi connectivity index (χ2n) is 12.6. The number of pyridine rings is 1. The van der Waals surface area contributed by atoms with E-state index in [9.17, 15) is 9.59 Å². The van der Waals surface area contributed by atoms with Crippen LogP contribution in [0.15, 0.2) is 85.1 Å². The topological polar surface area (TPSA) is 124 Å². The van der Waals surface area contributed by atoms with Crippen LogP contribution in [0.5, 0.6) is 11.5 Å². The van der Waals surface area contributed by atoms with Gasteiger partial charge in [-0.25, -0.2) is 14.6 Å². The molecule has 2 aliphatic rings. The molecule has 266 valence electrons. The number of carbonyl (C=O) groups excluding carboxylic acids is 2. The lowest BCUT2D eigenvalue weighted by Crippen LogP contribution is -2.37. The summed E-state index contributed by atoms with van der Waals surface area (Å²) in [6, 6.07) is 18.0. The first kappa shape index (κ1) is 36.6. The first-order valence-electron chi connectivity index (χ1n) is 16.9. The number of esters is 2. The van der Waals surface area contributed by atoms with E-state index in [0.29, 0.717) is 42.9 Å². The van der Waals surface area contributed by atoms with Crippen LogP contribution in [0.1, 0.15) is 66.8 Å². The molecule has 3 aromatic rings. The van der Waals surface area contributed by atoms with Crippen LogP contribution >= 0.6 is 0 Å². The molecule has 0 amide bonds. The minimum Gasteiger partial charge on any atom is -0.493 e. The molecule has 1 saturated heterocycles. The molecular formula is C39H46N2O9. The average molecular weight is 687 g/mol. The first-order valence-corrected chi connectivity index (χ1v) is 16.9. The second-order valence-corrected chi connectivity index (χ2v) is 12.6. The molecule has 2 aliphatic heterocycles. The van der Waals surface area contributed by atoms with Gasteiger partial charge in [-0.05, 0) is 75.6 Å². The van der Waals surface area contributed by atoms with Gasteiger partial charge in [0.15, 0.2) is 12.6 Å². The van der Waals surface area contributed by atoms with Crippen molar-refractivity contribution in [3.8, 4) is 11.5 Å². The molecule has 11 heteroatoms. The van der Waals surface area contributed by atoms with Gasteiger partial charge in [0, 0.05) is 31.8 Å². The highest BCUT2D eigenvalue weighted by molar-refractivity contribution is 5.97. The van der Waals surface area contributed by atoms with E-state index in [1.165, 1.54) is 7.11 Å². The Morgan fingerprint density at radius 3 is 2.58 bits per heavy atom. The van der Waals surface area contributed by atoms with Gasteiger partial charge >= 0.3 is 11.9 Å². The molecule has 0 aliphatic carbocycles. The molecule has 0 radical (unpaired) electrons. The third-order valence-corrected chi connectivity index (χ3v) is 8.30. The SMILES string of the molecule is COCOc1cc(OCCCNc2ccccn2)cc2c1C(=O)O[C@@H](C)[C@H](C)/C=C\C(OC(=O)c1ccccc1)C1OC(C)(C)O[C@H]1C/C=C/2. The van der Waals surface area contributed by atoms with Gasteiger partial charge in [-0.2, -0.15) is 0 Å². The fourth-order valence-corrected chi connectivity index (χ4v) is 5.64. The number of ether oxygens (including phenoxy) is 7. The summed E-state index contributed by atoms with van der Waals surface area (Å²) in [5.74, 6) is -0.630. The molecule has 1 fully saturated rings. The molecule has 2 unspecified atom stereocenters. The minimum absolute atomic E-state index is 0.0807. The predicted octanol–water partition coefficient (Wildman–Crippen LogP) is 6.85. The van der Waals surface area contributed by atoms with Gasteiger partial charge in [-0.1, -0.05) is 49.4 Å². The second kappa shape index (κ2) is 17.3. The van der Waals surface area contributed by atoms with Crippen LogP contribution in [0.2, 0.25) is 0 Å². The van der Waals surface area contributed by atoms with E-state index in [0.717, 1.165) is 5.82 Å². The summed E-state index contributed by atoms with van der Waals surface area (Å²) < 4.78 is 41.9. The normalized spacial score (nSPS) is 24.4. The Balaban J connectivity index is 1.43. The lowest BCUT2D eigenvalue weighted by Gasteiger charge is -2.25. The van der Waals surface area contributed by atoms with E-state index in [4.69, 9.17) is 33.2 Å². The molecule has 11 nitrogen and oxygen atoms in total. The lowest BCUT2D eigenvalue weighted by molar-refractivity contribution is -0.152. The number of nitrogens with one attached hydrogen (secondary N) is 1. The Labute approximate surface area is 293 Å². The number of carbonyl (C=O) groups is 2. The molecule has 0 spiro atoms. The molecule has 5 rings (SSSR count). The zero-order valence-corrected chi connectivity index (χ0v) is 29.2. The number of benzene rings is 2. The van der Waals surface area contributed by atoms with Gasteiger partial charge in [-0.3, -0.25) is 0 Å². The third kappa shape index (κ3) is 9.93. The number of fused-ring (bicyclic) bond motifs is 2. The van der Waals surface area contributed by atoms with Crippen LogP contribution in [0.25, 0.3) is 6.08 Å². The zero-order valence-electron chi connectivity index (χ0n) is 29.2. The lowest BCUT2D eigenvalue weighted by atomic mass is 9.98. The number of anilines is 1. The van der Waals surface area contributed by atoms with Crippen molar-refractivity contribution < 1.29 is 42.7 Å². The van der Waals surface area contributed by atoms with Gasteiger partial charge in [0.2, 0.25) is 0 Å². The molecular weight excluding hydrogens is 640 g/mol. The van der Waals surface area contributed by atoms with Gasteiger partial charge in [0.05, 0.1) is 18.3 Å². The van der Waals surface area contributed by atoms with Crippen LogP contribution in [-0.4, -0.2) is 74.2 Å². The van der Waals surface area contributed by atoms with Gasteiger partial charge in [0.1, 0.15) is 41.2 Å². The Hall–Kier alpha value is -4.71. The summed E-state index contributed by atoms with van der Waals surface area (Å²) in [6.07, 6.45) is 7.81. The Bertz CT molecular complexity index is 1630. The zero-order chi connectivity index (χ0) is 35.5. The fraction of sp³-hybridized carbons (Fsp3) is 0.410. The summed E-state index contributed by atoms with van der Waals surface area (Å²) in [7, 11) is 1.51. The highest BCUT2D eigenvalue weighted by atomic mass is 16.8. The standard InChI is InChI=1S/C39H46N2O9/c1-26-18-19-31(48-37(42)28-13-7-6-8-14-28)36-32(49-39(3,4)50-36)16-11-15-29-23-30(45-22-12-21-41-34-17-9-10-20-40-34)24-33(46-25-44-5)35(29)38(43)47-27(26)2/h6-11,13-15,17-20,23-24,26-27,31-32,36H,12,16,21-22,25H2,1-5H3,(H,40,41)/b15-11+,19-18-/t26-,27+,31?,32+,36?/m1/s1. The van der Waals surface area contributed by atoms with Gasteiger partial charge < -0.3 is 38.5 Å². The van der Waals surface area contributed by atoms with E-state index in [2.05, 4.69) is 10.3 Å². The third-order valence-electron chi connectivity index (χ3n) is 8.30. The van der Waals surface area contributed by atoms with Crippen molar-refractivity contribution in [2.75, 3.05) is 32.4 Å². The summed E-state index contributed by atoms with van der Waals surface area (Å²) in [5.41, 5.74) is 1.22. The summed E-state index contributed by atoms with van der Waals surface area (Å²) >= 11 is 0.